The van der Waals surface area contributed by atoms with Gasteiger partial charge in [0.05, 0.1) is 17.7 Å². The number of pyridine rings is 1. The molecule has 2 heterocycles. The number of rotatable bonds is 9. The molecule has 0 bridgehead atoms. The van der Waals surface area contributed by atoms with Crippen molar-refractivity contribution < 1.29 is 19.1 Å². The van der Waals surface area contributed by atoms with E-state index in [0.717, 1.165) is 5.69 Å². The second-order valence-electron chi connectivity index (χ2n) is 7.68. The number of benzene rings is 1. The van der Waals surface area contributed by atoms with Crippen LogP contribution in [0.4, 0.5) is 0 Å². The Bertz CT molecular complexity index is 953. The zero-order valence-corrected chi connectivity index (χ0v) is 18.5. The van der Waals surface area contributed by atoms with Crippen LogP contribution in [0.2, 0.25) is 5.02 Å². The Kier molecular flexibility index (Phi) is 7.41. The molecule has 1 saturated heterocycles. The zero-order valence-electron chi connectivity index (χ0n) is 17.7. The number of carbonyl (C=O) groups excluding carboxylic acids is 3. The van der Waals surface area contributed by atoms with Crippen LogP contribution in [0.5, 0.6) is 0 Å². The predicted octanol–water partition coefficient (Wildman–Crippen LogP) is 2.82. The maximum absolute atomic E-state index is 13.5. The number of likely N-dealkylation sites (tertiary alicyclic amines) is 1. The fourth-order valence-corrected chi connectivity index (χ4v) is 4.22. The molecule has 0 aliphatic carbocycles. The molecule has 3 rings (SSSR count). The molecule has 1 atom stereocenters. The first-order valence-electron chi connectivity index (χ1n) is 10.1. The Morgan fingerprint density at radius 3 is 2.65 bits per heavy atom. The van der Waals surface area contributed by atoms with Crippen LogP contribution in [-0.4, -0.2) is 59.8 Å². The smallest absolute Gasteiger partial charge is 0.240 e. The highest BCUT2D eigenvalue weighted by Gasteiger charge is 2.54. The first-order valence-corrected chi connectivity index (χ1v) is 10.5. The minimum atomic E-state index is -1.32. The van der Waals surface area contributed by atoms with E-state index in [9.17, 15) is 14.4 Å². The van der Waals surface area contributed by atoms with Gasteiger partial charge in [-0.3, -0.25) is 24.3 Å². The van der Waals surface area contributed by atoms with Crippen LogP contribution in [0.15, 0.2) is 48.7 Å². The number of carbonyl (C=O) groups is 3. The van der Waals surface area contributed by atoms with Crippen molar-refractivity contribution in [3.05, 3.63) is 64.9 Å². The third kappa shape index (κ3) is 4.94. The highest BCUT2D eigenvalue weighted by molar-refractivity contribution is 6.32. The molecular formula is C23H26ClN3O4. The van der Waals surface area contributed by atoms with Crippen molar-refractivity contribution in [2.75, 3.05) is 27.3 Å². The molecule has 1 aliphatic rings. The Balaban J connectivity index is 1.89. The van der Waals surface area contributed by atoms with E-state index in [2.05, 4.69) is 4.98 Å². The van der Waals surface area contributed by atoms with Crippen LogP contribution < -0.4 is 0 Å². The van der Waals surface area contributed by atoms with Crippen molar-refractivity contribution in [2.45, 2.75) is 31.2 Å². The maximum Gasteiger partial charge on any atom is 0.240 e. The molecule has 0 spiro atoms. The summed E-state index contributed by atoms with van der Waals surface area (Å²) in [5.74, 6) is -0.951. The van der Waals surface area contributed by atoms with Gasteiger partial charge in [0.25, 0.3) is 0 Å². The average molecular weight is 444 g/mol. The summed E-state index contributed by atoms with van der Waals surface area (Å²) in [6.07, 6.45) is 1.95. The monoisotopic (exact) mass is 443 g/mol. The third-order valence-electron chi connectivity index (χ3n) is 5.53. The van der Waals surface area contributed by atoms with Gasteiger partial charge in [-0.25, -0.2) is 0 Å². The fraction of sp³-hybridized carbons (Fsp3) is 0.391. The van der Waals surface area contributed by atoms with Crippen LogP contribution in [-0.2, 0) is 31.1 Å². The molecule has 164 valence electrons. The van der Waals surface area contributed by atoms with Crippen molar-refractivity contribution in [2.24, 2.45) is 0 Å². The van der Waals surface area contributed by atoms with E-state index >= 15 is 0 Å². The van der Waals surface area contributed by atoms with Crippen LogP contribution in [0.1, 0.15) is 30.5 Å². The summed E-state index contributed by atoms with van der Waals surface area (Å²) in [7, 11) is 3.23. The minimum Gasteiger partial charge on any atom is -0.385 e. The van der Waals surface area contributed by atoms with Gasteiger partial charge < -0.3 is 9.64 Å². The Hall–Kier alpha value is -2.77. The van der Waals surface area contributed by atoms with Crippen molar-refractivity contribution in [3.63, 3.8) is 0 Å². The van der Waals surface area contributed by atoms with Gasteiger partial charge in [0.15, 0.2) is 0 Å². The van der Waals surface area contributed by atoms with Gasteiger partial charge >= 0.3 is 0 Å². The van der Waals surface area contributed by atoms with Crippen molar-refractivity contribution in [1.82, 2.24) is 14.8 Å². The van der Waals surface area contributed by atoms with Gasteiger partial charge in [0, 0.05) is 51.4 Å². The number of methoxy groups -OCH3 is 1. The van der Waals surface area contributed by atoms with Crippen LogP contribution in [0.25, 0.3) is 0 Å². The van der Waals surface area contributed by atoms with Gasteiger partial charge in [-0.05, 0) is 30.2 Å². The first kappa shape index (κ1) is 22.9. The summed E-state index contributed by atoms with van der Waals surface area (Å²) in [5.41, 5.74) is -0.0817. The number of aromatic nitrogens is 1. The number of hydrogen-bond donors (Lipinski definition) is 0. The Labute approximate surface area is 187 Å². The van der Waals surface area contributed by atoms with Crippen LogP contribution in [0.3, 0.4) is 0 Å². The second kappa shape index (κ2) is 10.0. The van der Waals surface area contributed by atoms with E-state index in [0.29, 0.717) is 30.2 Å². The molecule has 8 heteroatoms. The van der Waals surface area contributed by atoms with Gasteiger partial charge in [0.1, 0.15) is 0 Å². The lowest BCUT2D eigenvalue weighted by Crippen LogP contribution is -2.43. The molecule has 31 heavy (non-hydrogen) atoms. The summed E-state index contributed by atoms with van der Waals surface area (Å²) in [4.78, 5) is 46.5. The molecule has 0 unspecified atom stereocenters. The van der Waals surface area contributed by atoms with E-state index < -0.39 is 5.41 Å². The molecule has 0 saturated carbocycles. The highest BCUT2D eigenvalue weighted by Crippen LogP contribution is 2.43. The summed E-state index contributed by atoms with van der Waals surface area (Å²) in [6.45, 7) is 0.982. The normalized spacial score (nSPS) is 18.5. The van der Waals surface area contributed by atoms with Crippen molar-refractivity contribution in [3.8, 4) is 0 Å². The standard InChI is InChI=1S/C23H26ClN3O4/c1-26(16-17-8-5-6-11-25-17)20(28)14-23(18-9-3-4-10-19(18)24)15-21(29)27(22(23)30)12-7-13-31-2/h3-6,8-11H,7,12-16H2,1-2H3/t23-/m0/s1. The number of amides is 3. The summed E-state index contributed by atoms with van der Waals surface area (Å²) < 4.78 is 5.04. The Morgan fingerprint density at radius 1 is 1.23 bits per heavy atom. The van der Waals surface area contributed by atoms with Crippen LogP contribution in [0, 0.1) is 0 Å². The number of ether oxygens (including phenoxy) is 1. The van der Waals surface area contributed by atoms with E-state index in [-0.39, 0.29) is 37.1 Å². The number of hydrogen-bond acceptors (Lipinski definition) is 5. The third-order valence-corrected chi connectivity index (χ3v) is 5.86. The van der Waals surface area contributed by atoms with Gasteiger partial charge in [-0.15, -0.1) is 0 Å². The number of imide groups is 1. The predicted molar refractivity (Wildman–Crippen MR) is 116 cm³/mol. The molecular weight excluding hydrogens is 418 g/mol. The van der Waals surface area contributed by atoms with Crippen molar-refractivity contribution >= 4 is 29.3 Å². The van der Waals surface area contributed by atoms with E-state index in [1.54, 1.807) is 50.7 Å². The lowest BCUT2D eigenvalue weighted by Gasteiger charge is -2.30. The van der Waals surface area contributed by atoms with Gasteiger partial charge in [-0.1, -0.05) is 35.9 Å². The molecule has 2 aromatic rings. The number of halogens is 1. The molecule has 1 aliphatic heterocycles. The molecule has 1 aromatic heterocycles. The Morgan fingerprint density at radius 2 is 1.97 bits per heavy atom. The lowest BCUT2D eigenvalue weighted by molar-refractivity contribution is -0.142. The summed E-state index contributed by atoms with van der Waals surface area (Å²) in [6, 6.07) is 12.4. The SMILES string of the molecule is COCCCN1C(=O)C[C@@](CC(=O)N(C)Cc2ccccn2)(c2ccccc2Cl)C1=O. The minimum absolute atomic E-state index is 0.0916. The molecule has 3 amide bonds. The molecule has 1 aromatic carbocycles. The zero-order chi connectivity index (χ0) is 22.4. The van der Waals surface area contributed by atoms with Crippen molar-refractivity contribution in [1.29, 1.82) is 0 Å². The largest absolute Gasteiger partial charge is 0.385 e. The summed E-state index contributed by atoms with van der Waals surface area (Å²) >= 11 is 6.44. The fourth-order valence-electron chi connectivity index (χ4n) is 3.90. The first-order chi connectivity index (χ1) is 14.9. The summed E-state index contributed by atoms with van der Waals surface area (Å²) in [5, 5.41) is 0.363. The van der Waals surface area contributed by atoms with E-state index in [1.807, 2.05) is 12.1 Å². The maximum atomic E-state index is 13.5. The number of nitrogens with zero attached hydrogens (tertiary/aromatic N) is 3. The quantitative estimate of drug-likeness (QED) is 0.440. The van der Waals surface area contributed by atoms with E-state index in [4.69, 9.17) is 16.3 Å². The topological polar surface area (TPSA) is 79.8 Å². The molecule has 7 nitrogen and oxygen atoms in total. The lowest BCUT2D eigenvalue weighted by atomic mass is 9.75. The van der Waals surface area contributed by atoms with E-state index in [1.165, 1.54) is 9.80 Å². The highest BCUT2D eigenvalue weighted by atomic mass is 35.5. The average Bonchev–Trinajstić information content (AvgIpc) is 2.99. The van der Waals surface area contributed by atoms with Crippen LogP contribution >= 0.6 is 11.6 Å². The molecule has 0 radical (unpaired) electrons. The molecule has 1 fully saturated rings. The molecule has 0 N–H and O–H groups in total. The van der Waals surface area contributed by atoms with Gasteiger partial charge in [0.2, 0.25) is 17.7 Å². The second-order valence-corrected chi connectivity index (χ2v) is 8.09. The van der Waals surface area contributed by atoms with Gasteiger partial charge in [-0.2, -0.15) is 0 Å².